The molecule has 2 unspecified atom stereocenters. The van der Waals surface area contributed by atoms with Crippen LogP contribution in [0.4, 0.5) is 27.8 Å². The number of halogens is 5. The van der Waals surface area contributed by atoms with Crippen LogP contribution in [0.5, 0.6) is 11.9 Å². The van der Waals surface area contributed by atoms with Crippen LogP contribution in [-0.2, 0) is 4.74 Å². The van der Waals surface area contributed by atoms with Gasteiger partial charge in [-0.05, 0) is 51.3 Å². The van der Waals surface area contributed by atoms with Crippen LogP contribution in [0.3, 0.4) is 0 Å². The number of alkyl halides is 3. The van der Waals surface area contributed by atoms with E-state index in [0.29, 0.717) is 38.7 Å². The van der Waals surface area contributed by atoms with Crippen LogP contribution < -0.4 is 25.4 Å². The Morgan fingerprint density at radius 3 is 2.69 bits per heavy atom. The van der Waals surface area contributed by atoms with Gasteiger partial charge in [0, 0.05) is 30.6 Å². The molecule has 0 spiro atoms. The number of nitrogens with zero attached hydrogens (tertiary/aromatic N) is 4. The van der Waals surface area contributed by atoms with E-state index in [4.69, 9.17) is 19.9 Å². The van der Waals surface area contributed by atoms with E-state index in [1.165, 1.54) is 0 Å². The summed E-state index contributed by atoms with van der Waals surface area (Å²) in [6.45, 7) is 6.36. The van der Waals surface area contributed by atoms with Gasteiger partial charge in [-0.25, -0.2) is 13.8 Å². The molecule has 4 aliphatic heterocycles. The molecule has 2 aromatic heterocycles. The maximum atomic E-state index is 16.1. The van der Waals surface area contributed by atoms with Crippen molar-refractivity contribution >= 4 is 22.8 Å². The topological polar surface area (TPSA) is 108 Å². The second kappa shape index (κ2) is 10.3. The third kappa shape index (κ3) is 4.93. The smallest absolute Gasteiger partial charge is 0.412 e. The fourth-order valence-corrected chi connectivity index (χ4v) is 5.90. The highest BCUT2D eigenvalue weighted by molar-refractivity contribution is 5.96. The van der Waals surface area contributed by atoms with Gasteiger partial charge in [0.2, 0.25) is 5.88 Å². The van der Waals surface area contributed by atoms with Crippen LogP contribution in [0.1, 0.15) is 39.3 Å². The van der Waals surface area contributed by atoms with Gasteiger partial charge in [-0.1, -0.05) is 0 Å². The van der Waals surface area contributed by atoms with Crippen LogP contribution in [0.2, 0.25) is 0 Å². The molecule has 2 aromatic rings. The first-order valence-corrected chi connectivity index (χ1v) is 13.7. The first kappa shape index (κ1) is 28.6. The number of nitrogens with two attached hydrogens (primary N) is 1. The maximum absolute atomic E-state index is 16.1. The molecule has 3 N–H and O–H groups in total. The lowest BCUT2D eigenvalue weighted by molar-refractivity contribution is -0.0921. The Morgan fingerprint density at radius 1 is 1.24 bits per heavy atom. The minimum Gasteiger partial charge on any atom is -0.472 e. The Morgan fingerprint density at radius 2 is 2.00 bits per heavy atom. The minimum absolute atomic E-state index is 0.00566. The molecule has 6 heterocycles. The summed E-state index contributed by atoms with van der Waals surface area (Å²) in [5, 5.41) is 3.61. The molecule has 7 rings (SSSR count). The Hall–Kier alpha value is -3.52. The number of aromatic nitrogens is 3. The van der Waals surface area contributed by atoms with E-state index in [0.717, 1.165) is 38.8 Å². The van der Waals surface area contributed by atoms with E-state index in [2.05, 4.69) is 20.3 Å². The molecule has 4 fully saturated rings. The lowest BCUT2D eigenvalue weighted by atomic mass is 9.71. The van der Waals surface area contributed by atoms with Crippen molar-refractivity contribution in [1.82, 2.24) is 20.3 Å². The molecule has 14 heteroatoms. The van der Waals surface area contributed by atoms with Crippen molar-refractivity contribution in [2.24, 2.45) is 11.1 Å². The second-order valence-electron chi connectivity index (χ2n) is 11.4. The summed E-state index contributed by atoms with van der Waals surface area (Å²) in [6, 6.07) is -0.150. The zero-order chi connectivity index (χ0) is 30.0. The molecule has 0 radical (unpaired) electrons. The summed E-state index contributed by atoms with van der Waals surface area (Å²) in [7, 11) is 0. The van der Waals surface area contributed by atoms with Crippen molar-refractivity contribution in [3.63, 3.8) is 0 Å². The summed E-state index contributed by atoms with van der Waals surface area (Å²) >= 11 is 0. The fraction of sp³-hybridized carbons (Fsp3) is 0.536. The highest BCUT2D eigenvalue weighted by atomic mass is 19.4. The number of ether oxygens (including phenoxy) is 3. The zero-order valence-corrected chi connectivity index (χ0v) is 23.3. The third-order valence-corrected chi connectivity index (χ3v) is 8.58. The fourth-order valence-electron chi connectivity index (χ4n) is 5.90. The molecule has 0 amide bonds. The number of allylic oxidation sites excluding steroid dienone is 4. The van der Waals surface area contributed by atoms with Crippen molar-refractivity contribution in [3.05, 3.63) is 40.3 Å². The Labute approximate surface area is 238 Å². The van der Waals surface area contributed by atoms with E-state index >= 15 is 4.39 Å². The van der Waals surface area contributed by atoms with Gasteiger partial charge in [0.05, 0.1) is 31.1 Å². The van der Waals surface area contributed by atoms with Crippen molar-refractivity contribution in [1.29, 1.82) is 0 Å². The predicted molar refractivity (Wildman–Crippen MR) is 144 cm³/mol. The number of fused-ring (bicyclic) bond motifs is 3. The van der Waals surface area contributed by atoms with Crippen molar-refractivity contribution < 1.29 is 36.2 Å². The Balaban J connectivity index is 1.42. The first-order chi connectivity index (χ1) is 19.9. The second-order valence-corrected chi connectivity index (χ2v) is 11.4. The average Bonchev–Trinajstić information content (AvgIpc) is 3.53. The number of hydrogen-bond acceptors (Lipinski definition) is 9. The molecular formula is C28H31F5N6O3. The van der Waals surface area contributed by atoms with Gasteiger partial charge in [-0.15, -0.1) is 0 Å². The summed E-state index contributed by atoms with van der Waals surface area (Å²) in [4.78, 5) is 15.5. The van der Waals surface area contributed by atoms with Crippen LogP contribution >= 0.6 is 0 Å². The Bertz CT molecular complexity index is 1510. The number of hydrogen-bond donors (Lipinski definition) is 2. The standard InChI is InChI=1S/C28H31F5N6O3/c1-13(14(2)28(31,32)33)21(29)17(34)4-5-18-22(30)23-20-24(38-26(37-23)41-12-27-8-16(9-27)40-11-27)39-7-6-35-10-19(39)15(3)42-25(20)36-18/h4-5,15-16,19,35H,6-12,34H2,1-3H3/b5-4+,14-13+,21-17-. The summed E-state index contributed by atoms with van der Waals surface area (Å²) in [5.41, 5.74) is 2.83. The largest absolute Gasteiger partial charge is 0.472 e. The molecule has 9 nitrogen and oxygen atoms in total. The van der Waals surface area contributed by atoms with Crippen molar-refractivity contribution in [2.75, 3.05) is 37.7 Å². The molecule has 226 valence electrons. The highest BCUT2D eigenvalue weighted by Gasteiger charge is 2.52. The third-order valence-electron chi connectivity index (χ3n) is 8.58. The van der Waals surface area contributed by atoms with E-state index in [-0.39, 0.29) is 52.2 Å². The van der Waals surface area contributed by atoms with Crippen LogP contribution in [-0.4, -0.2) is 72.2 Å². The number of anilines is 1. The van der Waals surface area contributed by atoms with Gasteiger partial charge in [-0.3, -0.25) is 0 Å². The number of piperazine rings is 1. The molecule has 3 saturated heterocycles. The van der Waals surface area contributed by atoms with E-state index in [1.807, 2.05) is 11.8 Å². The SMILES string of the molecule is CC(/C(F)=C(N)\C=C\c1nc2c3c(nc(OCC45COC(C4)C5)nc3c1F)N1CCNCC1C(C)O2)=C(/C)C(F)(F)F. The molecule has 42 heavy (non-hydrogen) atoms. The minimum atomic E-state index is -4.72. The normalized spacial score (nSPS) is 28.1. The van der Waals surface area contributed by atoms with E-state index < -0.39 is 34.7 Å². The quantitative estimate of drug-likeness (QED) is 0.373. The van der Waals surface area contributed by atoms with E-state index in [9.17, 15) is 17.6 Å². The van der Waals surface area contributed by atoms with Crippen LogP contribution in [0, 0.1) is 11.2 Å². The molecule has 2 bridgehead atoms. The van der Waals surface area contributed by atoms with Crippen LogP contribution in [0.25, 0.3) is 17.0 Å². The van der Waals surface area contributed by atoms with Gasteiger partial charge < -0.3 is 30.2 Å². The van der Waals surface area contributed by atoms with Crippen LogP contribution in [0.15, 0.2) is 28.7 Å². The molecule has 0 aromatic carbocycles. The maximum Gasteiger partial charge on any atom is 0.412 e. The highest BCUT2D eigenvalue weighted by Crippen LogP contribution is 2.50. The molecule has 1 aliphatic carbocycles. The zero-order valence-electron chi connectivity index (χ0n) is 23.3. The molecule has 2 atom stereocenters. The van der Waals surface area contributed by atoms with Gasteiger partial charge in [0.1, 0.15) is 34.3 Å². The first-order valence-electron chi connectivity index (χ1n) is 13.7. The van der Waals surface area contributed by atoms with Gasteiger partial charge in [-0.2, -0.15) is 23.1 Å². The lowest BCUT2D eigenvalue weighted by Crippen LogP contribution is -2.56. The van der Waals surface area contributed by atoms with Gasteiger partial charge >= 0.3 is 12.2 Å². The monoisotopic (exact) mass is 594 g/mol. The van der Waals surface area contributed by atoms with Gasteiger partial charge in [0.25, 0.3) is 0 Å². The predicted octanol–water partition coefficient (Wildman–Crippen LogP) is 4.33. The van der Waals surface area contributed by atoms with E-state index in [1.54, 1.807) is 0 Å². The molecule has 5 aliphatic rings. The molecule has 1 saturated carbocycles. The van der Waals surface area contributed by atoms with Gasteiger partial charge in [0.15, 0.2) is 5.82 Å². The number of nitrogens with one attached hydrogen (secondary N) is 1. The number of rotatable bonds is 6. The van der Waals surface area contributed by atoms with Crippen molar-refractivity contribution in [3.8, 4) is 11.9 Å². The Kier molecular flexibility index (Phi) is 7.03. The lowest BCUT2D eigenvalue weighted by Gasteiger charge is -2.38. The summed E-state index contributed by atoms with van der Waals surface area (Å²) in [6.07, 6.45) is -1.04. The molecular weight excluding hydrogens is 563 g/mol. The summed E-state index contributed by atoms with van der Waals surface area (Å²) < 4.78 is 87.9. The summed E-state index contributed by atoms with van der Waals surface area (Å²) in [5.74, 6) is -1.63. The average molecular weight is 595 g/mol. The number of pyridine rings is 1. The van der Waals surface area contributed by atoms with Crippen molar-refractivity contribution in [2.45, 2.75) is 58.0 Å².